The average Bonchev–Trinajstić information content (AvgIpc) is 2.65. The Morgan fingerprint density at radius 2 is 2.36 bits per heavy atom. The van der Waals surface area contributed by atoms with Gasteiger partial charge in [-0.3, -0.25) is 5.10 Å². The Balaban J connectivity index is 2.38. The van der Waals surface area contributed by atoms with E-state index in [9.17, 15) is 0 Å². The molecule has 14 heavy (non-hydrogen) atoms. The molecule has 0 bridgehead atoms. The standard InChI is InChI=1S/C5H2N9/c6-3-7-11-8-4-1-2-5-9-12-13-14(5)10-4/h1-2H/q-1. The molecular formula is C5H2N9-. The maximum absolute atomic E-state index is 8.05. The number of nitrogens with zero attached hydrogens (tertiary/aromatic N) is 9. The van der Waals surface area contributed by atoms with E-state index in [0.29, 0.717) is 5.65 Å². The Hall–Kier alpha value is -2.54. The summed E-state index contributed by atoms with van der Waals surface area (Å²) in [5.74, 6) is 0.267. The van der Waals surface area contributed by atoms with E-state index in [1.54, 1.807) is 12.1 Å². The number of hydrogen-bond donors (Lipinski definition) is 0. The van der Waals surface area contributed by atoms with Gasteiger partial charge in [-0.25, -0.2) is 0 Å². The summed E-state index contributed by atoms with van der Waals surface area (Å²) < 4.78 is 1.20. The van der Waals surface area contributed by atoms with E-state index in [4.69, 9.17) is 5.41 Å². The summed E-state index contributed by atoms with van der Waals surface area (Å²) >= 11 is 0. The lowest BCUT2D eigenvalue weighted by atomic mass is 10.5. The second-order valence-corrected chi connectivity index (χ2v) is 2.11. The van der Waals surface area contributed by atoms with Gasteiger partial charge >= 0.3 is 0 Å². The molecule has 0 saturated heterocycles. The second kappa shape index (κ2) is 3.46. The van der Waals surface area contributed by atoms with Crippen LogP contribution in [0, 0.1) is 0 Å². The number of rotatable bonds is 2. The highest BCUT2D eigenvalue weighted by molar-refractivity contribution is 5.44. The number of fused-ring (bicyclic) bond motifs is 1. The Labute approximate surface area is 76.7 Å². The minimum atomic E-state index is 0.267. The van der Waals surface area contributed by atoms with Gasteiger partial charge in [-0.15, -0.1) is 31.2 Å². The highest BCUT2D eigenvalue weighted by Gasteiger charge is 1.97. The predicted molar refractivity (Wildman–Crippen MR) is 43.9 cm³/mol. The van der Waals surface area contributed by atoms with E-state index in [-0.39, 0.29) is 5.82 Å². The van der Waals surface area contributed by atoms with Gasteiger partial charge < -0.3 is 5.41 Å². The summed E-state index contributed by atoms with van der Waals surface area (Å²) in [5.41, 5.74) is 0.501. The third-order valence-corrected chi connectivity index (χ3v) is 1.29. The Bertz CT molecular complexity index is 519. The average molecular weight is 188 g/mol. The fourth-order valence-electron chi connectivity index (χ4n) is 0.782. The quantitative estimate of drug-likeness (QED) is 0.381. The minimum absolute atomic E-state index is 0.267. The van der Waals surface area contributed by atoms with Crippen molar-refractivity contribution in [1.82, 2.24) is 25.3 Å². The molecule has 0 spiro atoms. The second-order valence-electron chi connectivity index (χ2n) is 2.11. The van der Waals surface area contributed by atoms with Crippen molar-refractivity contribution in [3.63, 3.8) is 0 Å². The maximum atomic E-state index is 8.05. The van der Waals surface area contributed by atoms with Crippen molar-refractivity contribution >= 4 is 17.5 Å². The molecule has 0 amide bonds. The van der Waals surface area contributed by atoms with Crippen molar-refractivity contribution < 1.29 is 0 Å². The summed E-state index contributed by atoms with van der Waals surface area (Å²) in [7, 11) is 0. The van der Waals surface area contributed by atoms with Gasteiger partial charge in [-0.2, -0.15) is 0 Å². The van der Waals surface area contributed by atoms with Crippen molar-refractivity contribution in [1.29, 1.82) is 0 Å². The third-order valence-electron chi connectivity index (χ3n) is 1.29. The van der Waals surface area contributed by atoms with Crippen LogP contribution in [0.3, 0.4) is 0 Å². The van der Waals surface area contributed by atoms with Crippen LogP contribution in [0.5, 0.6) is 0 Å². The van der Waals surface area contributed by atoms with Crippen molar-refractivity contribution in [2.24, 2.45) is 15.4 Å². The first-order chi connectivity index (χ1) is 6.90. The van der Waals surface area contributed by atoms with Crippen LogP contribution in [0.4, 0.5) is 5.82 Å². The van der Waals surface area contributed by atoms with Crippen LogP contribution in [-0.2, 0) is 0 Å². The fourth-order valence-corrected chi connectivity index (χ4v) is 0.782. The van der Waals surface area contributed by atoms with E-state index in [0.717, 1.165) is 0 Å². The van der Waals surface area contributed by atoms with Gasteiger partial charge in [0.1, 0.15) is 0 Å². The molecule has 0 aliphatic carbocycles. The molecule has 9 nitrogen and oxygen atoms in total. The van der Waals surface area contributed by atoms with Crippen LogP contribution >= 0.6 is 0 Å². The number of aromatic nitrogens is 5. The maximum Gasteiger partial charge on any atom is 0.200 e. The van der Waals surface area contributed by atoms with Crippen LogP contribution in [0.15, 0.2) is 27.6 Å². The molecule has 0 aliphatic rings. The summed E-state index contributed by atoms with van der Waals surface area (Å²) in [4.78, 5) is 0. The summed E-state index contributed by atoms with van der Waals surface area (Å²) in [6.07, 6.45) is 0. The lowest BCUT2D eigenvalue weighted by Gasteiger charge is -1.90. The number of tetrazole rings is 1. The molecule has 68 valence electrons. The molecule has 0 aromatic carbocycles. The Kier molecular flexibility index (Phi) is 1.99. The smallest absolute Gasteiger partial charge is 0.200 e. The lowest BCUT2D eigenvalue weighted by molar-refractivity contribution is 0.731. The molecule has 2 aromatic rings. The molecule has 0 unspecified atom stereocenters. The van der Waals surface area contributed by atoms with Gasteiger partial charge in [-0.1, -0.05) is 0 Å². The van der Waals surface area contributed by atoms with Gasteiger partial charge in [0.05, 0.1) is 0 Å². The fraction of sp³-hybridized carbons (Fsp3) is 0. The molecule has 2 heterocycles. The van der Waals surface area contributed by atoms with Crippen molar-refractivity contribution in [2.75, 3.05) is 0 Å². The van der Waals surface area contributed by atoms with E-state index < -0.39 is 0 Å². The molecule has 0 saturated carbocycles. The van der Waals surface area contributed by atoms with Gasteiger partial charge in [0.2, 0.25) is 0 Å². The van der Waals surface area contributed by atoms with Crippen molar-refractivity contribution in [3.8, 4) is 0 Å². The van der Waals surface area contributed by atoms with Crippen LogP contribution in [0.25, 0.3) is 11.1 Å². The first-order valence-electron chi connectivity index (χ1n) is 3.45. The van der Waals surface area contributed by atoms with E-state index in [1.165, 1.54) is 10.6 Å². The molecule has 2 rings (SSSR count). The van der Waals surface area contributed by atoms with E-state index in [1.807, 2.05) is 0 Å². The van der Waals surface area contributed by atoms with Gasteiger partial charge in [0.25, 0.3) is 0 Å². The zero-order valence-electron chi connectivity index (χ0n) is 6.68. The normalized spacial score (nSPS) is 10.6. The number of hydrogen-bond acceptors (Lipinski definition) is 6. The lowest BCUT2D eigenvalue weighted by Crippen LogP contribution is -1.92. The van der Waals surface area contributed by atoms with E-state index in [2.05, 4.69) is 36.1 Å². The molecule has 0 atom stereocenters. The molecule has 9 heteroatoms. The molecule has 2 aromatic heterocycles. The molecule has 0 fully saturated rings. The minimum Gasteiger partial charge on any atom is -0.421 e. The molecular weight excluding hydrogens is 186 g/mol. The van der Waals surface area contributed by atoms with Crippen LogP contribution in [0.2, 0.25) is 0 Å². The summed E-state index contributed by atoms with van der Waals surface area (Å²) in [6, 6.07) is 4.64. The molecule has 0 N–H and O–H groups in total. The monoisotopic (exact) mass is 188 g/mol. The Morgan fingerprint density at radius 3 is 3.21 bits per heavy atom. The topological polar surface area (TPSA) is 115 Å². The zero-order valence-corrected chi connectivity index (χ0v) is 6.68. The van der Waals surface area contributed by atoms with Crippen molar-refractivity contribution in [3.05, 3.63) is 17.5 Å². The first-order valence-corrected chi connectivity index (χ1v) is 3.45. The summed E-state index contributed by atoms with van der Waals surface area (Å²) in [5, 5.41) is 32.2. The van der Waals surface area contributed by atoms with Gasteiger partial charge in [0.15, 0.2) is 11.5 Å². The van der Waals surface area contributed by atoms with Gasteiger partial charge in [-0.05, 0) is 22.6 Å². The zero-order chi connectivity index (χ0) is 9.80. The van der Waals surface area contributed by atoms with Crippen molar-refractivity contribution in [2.45, 2.75) is 0 Å². The molecule has 0 aliphatic heterocycles. The van der Waals surface area contributed by atoms with Crippen LogP contribution in [-0.4, -0.2) is 31.3 Å². The Morgan fingerprint density at radius 1 is 1.43 bits per heavy atom. The summed E-state index contributed by atoms with van der Waals surface area (Å²) in [6.45, 7) is 0. The van der Waals surface area contributed by atoms with E-state index >= 15 is 0 Å². The highest BCUT2D eigenvalue weighted by Crippen LogP contribution is 2.07. The first kappa shape index (κ1) is 8.08. The van der Waals surface area contributed by atoms with Crippen LogP contribution in [0.1, 0.15) is 0 Å². The predicted octanol–water partition coefficient (Wildman–Crippen LogP) is 0.261. The highest BCUT2D eigenvalue weighted by atomic mass is 15.6. The largest absolute Gasteiger partial charge is 0.421 e. The molecule has 0 radical (unpaired) electrons. The van der Waals surface area contributed by atoms with Crippen LogP contribution < -0.4 is 0 Å². The SMILES string of the molecule is [N-]=C=NN=Nc1ccc2nnnn2n1. The van der Waals surface area contributed by atoms with Gasteiger partial charge in [0, 0.05) is 0 Å². The third kappa shape index (κ3) is 1.47.